The molecular weight excluding hydrogens is 380 g/mol. The minimum atomic E-state index is -3.12. The molecule has 2 aliphatic heterocycles. The molecule has 0 bridgehead atoms. The van der Waals surface area contributed by atoms with Crippen LogP contribution in [0.15, 0.2) is 24.5 Å². The number of carbonyl (C=O) groups is 1. The van der Waals surface area contributed by atoms with Crippen LogP contribution < -0.4 is 0 Å². The van der Waals surface area contributed by atoms with Crippen LogP contribution in [0.2, 0.25) is 0 Å². The number of nitrogens with zero attached hydrogens (tertiary/aromatic N) is 4. The Bertz CT molecular complexity index is 957. The number of carbonyl (C=O) groups excluding carboxylic acids is 1. The number of ether oxygens (including phenoxy) is 1. The molecule has 152 valence electrons. The standard InChI is InChI=1S/C19H26N4O4S/c1-2-28(25,26)22-6-3-15(4-7-22)16-5-8-23-18(13-16)17(14-20-23)19(24)21-9-11-27-12-10-21/h5,8,13-15H,2-4,6-7,9-12H2,1H3. The summed E-state index contributed by atoms with van der Waals surface area (Å²) < 4.78 is 32.8. The highest BCUT2D eigenvalue weighted by Crippen LogP contribution is 2.30. The van der Waals surface area contributed by atoms with Crippen LogP contribution in [0, 0.1) is 0 Å². The van der Waals surface area contributed by atoms with Gasteiger partial charge in [-0.3, -0.25) is 4.79 Å². The first-order chi connectivity index (χ1) is 13.5. The summed E-state index contributed by atoms with van der Waals surface area (Å²) in [6.45, 7) is 5.10. The lowest BCUT2D eigenvalue weighted by molar-refractivity contribution is 0.0304. The van der Waals surface area contributed by atoms with Crippen molar-refractivity contribution < 1.29 is 17.9 Å². The number of piperidine rings is 1. The Kier molecular flexibility index (Phi) is 5.39. The van der Waals surface area contributed by atoms with Crippen LogP contribution in [-0.4, -0.2) is 78.3 Å². The quantitative estimate of drug-likeness (QED) is 0.765. The summed E-state index contributed by atoms with van der Waals surface area (Å²) in [5.41, 5.74) is 2.55. The lowest BCUT2D eigenvalue weighted by atomic mass is 9.90. The second-order valence-corrected chi connectivity index (χ2v) is 9.58. The summed E-state index contributed by atoms with van der Waals surface area (Å²) in [4.78, 5) is 14.7. The summed E-state index contributed by atoms with van der Waals surface area (Å²) >= 11 is 0. The van der Waals surface area contributed by atoms with E-state index in [9.17, 15) is 13.2 Å². The number of amides is 1. The third kappa shape index (κ3) is 3.66. The summed E-state index contributed by atoms with van der Waals surface area (Å²) in [6.07, 6.45) is 5.09. The summed E-state index contributed by atoms with van der Waals surface area (Å²) in [5.74, 6) is 0.417. The van der Waals surface area contributed by atoms with E-state index in [0.29, 0.717) is 45.0 Å². The first-order valence-electron chi connectivity index (χ1n) is 9.81. The van der Waals surface area contributed by atoms with Gasteiger partial charge >= 0.3 is 0 Å². The van der Waals surface area contributed by atoms with Crippen molar-refractivity contribution in [2.24, 2.45) is 0 Å². The normalized spacial score (nSPS) is 20.0. The van der Waals surface area contributed by atoms with Gasteiger partial charge in [0, 0.05) is 32.4 Å². The Hall–Kier alpha value is -1.97. The molecule has 0 aliphatic carbocycles. The number of hydrogen-bond acceptors (Lipinski definition) is 5. The van der Waals surface area contributed by atoms with E-state index in [-0.39, 0.29) is 17.6 Å². The zero-order chi connectivity index (χ0) is 19.7. The lowest BCUT2D eigenvalue weighted by Gasteiger charge is -2.31. The Labute approximate surface area is 165 Å². The maximum absolute atomic E-state index is 12.9. The first kappa shape index (κ1) is 19.4. The average molecular weight is 407 g/mol. The van der Waals surface area contributed by atoms with Crippen LogP contribution in [0.4, 0.5) is 0 Å². The Morgan fingerprint density at radius 2 is 1.93 bits per heavy atom. The fraction of sp³-hybridized carbons (Fsp3) is 0.579. The van der Waals surface area contributed by atoms with Gasteiger partial charge in [-0.1, -0.05) is 0 Å². The third-order valence-electron chi connectivity index (χ3n) is 5.76. The van der Waals surface area contributed by atoms with E-state index in [1.165, 1.54) is 0 Å². The molecular formula is C19H26N4O4S. The summed E-state index contributed by atoms with van der Waals surface area (Å²) in [7, 11) is -3.12. The number of morpholine rings is 1. The number of aromatic nitrogens is 2. The molecule has 1 amide bonds. The Morgan fingerprint density at radius 1 is 1.21 bits per heavy atom. The van der Waals surface area contributed by atoms with Gasteiger partial charge in [-0.05, 0) is 43.4 Å². The highest BCUT2D eigenvalue weighted by atomic mass is 32.2. The van der Waals surface area contributed by atoms with Gasteiger partial charge in [-0.2, -0.15) is 5.10 Å². The van der Waals surface area contributed by atoms with Crippen molar-refractivity contribution in [1.29, 1.82) is 0 Å². The van der Waals surface area contributed by atoms with Crippen molar-refractivity contribution in [2.45, 2.75) is 25.7 Å². The van der Waals surface area contributed by atoms with Crippen LogP contribution in [0.5, 0.6) is 0 Å². The summed E-state index contributed by atoms with van der Waals surface area (Å²) in [5, 5.41) is 4.33. The molecule has 0 atom stereocenters. The number of sulfonamides is 1. The van der Waals surface area contributed by atoms with E-state index in [1.54, 1.807) is 26.8 Å². The molecule has 2 aromatic heterocycles. The van der Waals surface area contributed by atoms with Crippen molar-refractivity contribution in [1.82, 2.24) is 18.8 Å². The number of hydrogen-bond donors (Lipinski definition) is 0. The van der Waals surface area contributed by atoms with Crippen molar-refractivity contribution >= 4 is 21.4 Å². The predicted octanol–water partition coefficient (Wildman–Crippen LogP) is 1.34. The van der Waals surface area contributed by atoms with Gasteiger partial charge < -0.3 is 9.64 Å². The molecule has 4 heterocycles. The van der Waals surface area contributed by atoms with Gasteiger partial charge in [0.2, 0.25) is 10.0 Å². The first-order valence-corrected chi connectivity index (χ1v) is 11.4. The van der Waals surface area contributed by atoms with Crippen LogP contribution in [0.1, 0.15) is 41.6 Å². The van der Waals surface area contributed by atoms with Crippen molar-refractivity contribution in [3.05, 3.63) is 35.7 Å². The average Bonchev–Trinajstić information content (AvgIpc) is 3.17. The highest BCUT2D eigenvalue weighted by molar-refractivity contribution is 7.89. The molecule has 0 aromatic carbocycles. The molecule has 2 aliphatic rings. The maximum Gasteiger partial charge on any atom is 0.257 e. The van der Waals surface area contributed by atoms with Crippen LogP contribution in [0.25, 0.3) is 5.52 Å². The van der Waals surface area contributed by atoms with E-state index in [2.05, 4.69) is 5.10 Å². The van der Waals surface area contributed by atoms with E-state index < -0.39 is 10.0 Å². The summed E-state index contributed by atoms with van der Waals surface area (Å²) in [6, 6.07) is 4.06. The molecule has 0 radical (unpaired) electrons. The smallest absolute Gasteiger partial charge is 0.257 e. The molecule has 0 saturated carbocycles. The highest BCUT2D eigenvalue weighted by Gasteiger charge is 2.28. The molecule has 2 saturated heterocycles. The minimum absolute atomic E-state index is 0.0145. The van der Waals surface area contributed by atoms with Gasteiger partial charge in [0.1, 0.15) is 0 Å². The van der Waals surface area contributed by atoms with Crippen molar-refractivity contribution in [2.75, 3.05) is 45.1 Å². The van der Waals surface area contributed by atoms with E-state index in [0.717, 1.165) is 23.9 Å². The molecule has 0 N–H and O–H groups in total. The number of pyridine rings is 1. The van der Waals surface area contributed by atoms with Gasteiger partial charge in [-0.25, -0.2) is 17.2 Å². The monoisotopic (exact) mass is 406 g/mol. The molecule has 4 rings (SSSR count). The lowest BCUT2D eigenvalue weighted by Crippen LogP contribution is -2.40. The Balaban J connectivity index is 1.54. The van der Waals surface area contributed by atoms with Crippen LogP contribution in [0.3, 0.4) is 0 Å². The molecule has 2 aromatic rings. The van der Waals surface area contributed by atoms with Crippen molar-refractivity contribution in [3.63, 3.8) is 0 Å². The number of rotatable bonds is 4. The van der Waals surface area contributed by atoms with Crippen LogP contribution >= 0.6 is 0 Å². The second-order valence-electron chi connectivity index (χ2n) is 7.33. The zero-order valence-corrected chi connectivity index (χ0v) is 16.9. The zero-order valence-electron chi connectivity index (χ0n) is 16.1. The topological polar surface area (TPSA) is 84.2 Å². The maximum atomic E-state index is 12.9. The number of fused-ring (bicyclic) bond motifs is 1. The predicted molar refractivity (Wildman–Crippen MR) is 105 cm³/mol. The second kappa shape index (κ2) is 7.81. The fourth-order valence-corrected chi connectivity index (χ4v) is 5.13. The SMILES string of the molecule is CCS(=O)(=O)N1CCC(c2ccn3ncc(C(=O)N4CCOCC4)c3c2)CC1. The third-order valence-corrected chi connectivity index (χ3v) is 7.64. The van der Waals surface area contributed by atoms with Crippen LogP contribution in [-0.2, 0) is 14.8 Å². The van der Waals surface area contributed by atoms with Gasteiger partial charge in [0.05, 0.1) is 36.2 Å². The molecule has 2 fully saturated rings. The van der Waals surface area contributed by atoms with E-state index >= 15 is 0 Å². The minimum Gasteiger partial charge on any atom is -0.378 e. The van der Waals surface area contributed by atoms with Gasteiger partial charge in [-0.15, -0.1) is 0 Å². The van der Waals surface area contributed by atoms with E-state index in [4.69, 9.17) is 4.74 Å². The molecule has 0 spiro atoms. The van der Waals surface area contributed by atoms with Gasteiger partial charge in [0.25, 0.3) is 5.91 Å². The molecule has 9 heteroatoms. The molecule has 8 nitrogen and oxygen atoms in total. The largest absolute Gasteiger partial charge is 0.378 e. The molecule has 28 heavy (non-hydrogen) atoms. The fourth-order valence-electron chi connectivity index (χ4n) is 4.00. The Morgan fingerprint density at radius 3 is 2.61 bits per heavy atom. The van der Waals surface area contributed by atoms with Gasteiger partial charge in [0.15, 0.2) is 0 Å². The van der Waals surface area contributed by atoms with E-state index in [1.807, 2.05) is 18.3 Å². The van der Waals surface area contributed by atoms with Crippen molar-refractivity contribution in [3.8, 4) is 0 Å². The molecule has 0 unspecified atom stereocenters.